The molecule has 9 nitrogen and oxygen atoms in total. The zero-order chi connectivity index (χ0) is 23.7. The highest BCUT2D eigenvalue weighted by atomic mass is 16.6. The van der Waals surface area contributed by atoms with Crippen molar-refractivity contribution in [1.82, 2.24) is 0 Å². The van der Waals surface area contributed by atoms with Gasteiger partial charge < -0.3 is 14.3 Å². The summed E-state index contributed by atoms with van der Waals surface area (Å²) in [6, 6.07) is 13.9. The summed E-state index contributed by atoms with van der Waals surface area (Å²) in [5.74, 6) is -1.30. The van der Waals surface area contributed by atoms with E-state index < -0.39 is 28.4 Å². The van der Waals surface area contributed by atoms with Gasteiger partial charge in [0.1, 0.15) is 23.3 Å². The molecule has 1 atom stereocenters. The fourth-order valence-corrected chi connectivity index (χ4v) is 3.67. The molecule has 1 unspecified atom stereocenters. The smallest absolute Gasteiger partial charge is 0.300 e. The fraction of sp³-hybridized carbons (Fsp3) is 0.167. The first kappa shape index (κ1) is 21.8. The molecule has 168 valence electrons. The van der Waals surface area contributed by atoms with Crippen LogP contribution >= 0.6 is 0 Å². The summed E-state index contributed by atoms with van der Waals surface area (Å²) in [5, 5.41) is 21.9. The number of Topliss-reactive ketones (excluding diaryl/α,β-unsaturated/α-hetero) is 1. The molecule has 0 spiro atoms. The number of furan rings is 1. The number of amides is 1. The third-order valence-electron chi connectivity index (χ3n) is 5.10. The van der Waals surface area contributed by atoms with Gasteiger partial charge in [-0.3, -0.25) is 24.6 Å². The molecule has 9 heteroatoms. The zero-order valence-electron chi connectivity index (χ0n) is 17.8. The van der Waals surface area contributed by atoms with Crippen molar-refractivity contribution in [3.63, 3.8) is 0 Å². The van der Waals surface area contributed by atoms with Crippen LogP contribution in [0.4, 0.5) is 11.4 Å². The molecule has 0 aliphatic carbocycles. The van der Waals surface area contributed by atoms with Gasteiger partial charge in [-0.1, -0.05) is 0 Å². The number of carbonyl (C=O) groups excluding carboxylic acids is 2. The van der Waals surface area contributed by atoms with Gasteiger partial charge in [-0.05, 0) is 62.4 Å². The second kappa shape index (κ2) is 8.62. The van der Waals surface area contributed by atoms with E-state index >= 15 is 0 Å². The van der Waals surface area contributed by atoms with Crippen molar-refractivity contribution in [2.75, 3.05) is 4.90 Å². The second-order valence-electron chi connectivity index (χ2n) is 7.65. The monoisotopic (exact) mass is 448 g/mol. The Kier molecular flexibility index (Phi) is 5.70. The van der Waals surface area contributed by atoms with Crippen LogP contribution in [0.5, 0.6) is 5.75 Å². The number of aliphatic hydroxyl groups is 1. The van der Waals surface area contributed by atoms with Crippen LogP contribution in [-0.2, 0) is 9.59 Å². The third kappa shape index (κ3) is 4.08. The van der Waals surface area contributed by atoms with Crippen LogP contribution in [0.2, 0.25) is 0 Å². The average molecular weight is 448 g/mol. The van der Waals surface area contributed by atoms with Crippen LogP contribution in [0.25, 0.3) is 5.76 Å². The Morgan fingerprint density at radius 3 is 2.30 bits per heavy atom. The highest BCUT2D eigenvalue weighted by Gasteiger charge is 2.48. The first-order chi connectivity index (χ1) is 15.8. The number of aliphatic hydroxyl groups excluding tert-OH is 1. The number of rotatable bonds is 6. The van der Waals surface area contributed by atoms with Crippen LogP contribution in [-0.4, -0.2) is 27.8 Å². The summed E-state index contributed by atoms with van der Waals surface area (Å²) in [4.78, 5) is 37.6. The van der Waals surface area contributed by atoms with Gasteiger partial charge in [0.2, 0.25) is 0 Å². The first-order valence-electron chi connectivity index (χ1n) is 10.1. The third-order valence-corrected chi connectivity index (χ3v) is 5.10. The maximum absolute atomic E-state index is 13.0. The van der Waals surface area contributed by atoms with Gasteiger partial charge in [-0.25, -0.2) is 0 Å². The molecule has 1 N–H and O–H groups in total. The van der Waals surface area contributed by atoms with Crippen LogP contribution in [0.15, 0.2) is 76.9 Å². The Labute approximate surface area is 188 Å². The molecule has 1 fully saturated rings. The van der Waals surface area contributed by atoms with Gasteiger partial charge in [-0.2, -0.15) is 0 Å². The minimum Gasteiger partial charge on any atom is -0.507 e. The minimum absolute atomic E-state index is 0.0325. The molecular weight excluding hydrogens is 428 g/mol. The van der Waals surface area contributed by atoms with Gasteiger partial charge in [0.05, 0.1) is 22.9 Å². The number of hydrogen-bond donors (Lipinski definition) is 1. The fourth-order valence-electron chi connectivity index (χ4n) is 3.67. The summed E-state index contributed by atoms with van der Waals surface area (Å²) < 4.78 is 11.1. The van der Waals surface area contributed by atoms with E-state index in [0.717, 1.165) is 0 Å². The Bertz CT molecular complexity index is 1230. The van der Waals surface area contributed by atoms with Crippen molar-refractivity contribution in [3.05, 3.63) is 93.9 Å². The van der Waals surface area contributed by atoms with Crippen molar-refractivity contribution >= 4 is 28.8 Å². The summed E-state index contributed by atoms with van der Waals surface area (Å²) in [6.07, 6.45) is 1.37. The molecule has 1 aliphatic heterocycles. The van der Waals surface area contributed by atoms with E-state index in [1.54, 1.807) is 36.4 Å². The summed E-state index contributed by atoms with van der Waals surface area (Å²) >= 11 is 0. The van der Waals surface area contributed by atoms with Crippen molar-refractivity contribution in [3.8, 4) is 5.75 Å². The van der Waals surface area contributed by atoms with Gasteiger partial charge in [0.15, 0.2) is 0 Å². The van der Waals surface area contributed by atoms with E-state index in [-0.39, 0.29) is 28.7 Å². The van der Waals surface area contributed by atoms with Crippen LogP contribution in [0, 0.1) is 10.1 Å². The lowest BCUT2D eigenvalue weighted by Crippen LogP contribution is -2.29. The number of anilines is 1. The minimum atomic E-state index is -1.02. The molecule has 2 aromatic carbocycles. The molecule has 4 rings (SSSR count). The van der Waals surface area contributed by atoms with Crippen molar-refractivity contribution in [2.45, 2.75) is 26.0 Å². The number of ether oxygens (including phenoxy) is 1. The number of nitro groups is 1. The molecule has 1 aromatic heterocycles. The predicted molar refractivity (Wildman–Crippen MR) is 119 cm³/mol. The van der Waals surface area contributed by atoms with E-state index in [4.69, 9.17) is 9.15 Å². The number of non-ortho nitro benzene ring substituents is 1. The Morgan fingerprint density at radius 1 is 1.09 bits per heavy atom. The molecule has 1 aliphatic rings. The van der Waals surface area contributed by atoms with Crippen LogP contribution < -0.4 is 9.64 Å². The molecular formula is C24H20N2O7. The number of nitro benzene ring substituents is 1. The summed E-state index contributed by atoms with van der Waals surface area (Å²) in [6.45, 7) is 3.78. The van der Waals surface area contributed by atoms with Crippen molar-refractivity contribution < 1.29 is 28.8 Å². The quantitative estimate of drug-likeness (QED) is 0.192. The standard InChI is InChI=1S/C24H20N2O7/c1-14(2)33-18-11-9-16(10-12-18)25-21(19-4-3-13-32-19)20(23(28)24(25)29)22(27)15-5-7-17(8-6-15)26(30)31/h3-14,21,27H,1-2H3/b22-20-. The van der Waals surface area contributed by atoms with Crippen molar-refractivity contribution in [1.29, 1.82) is 0 Å². The molecule has 0 radical (unpaired) electrons. The van der Waals surface area contributed by atoms with Crippen LogP contribution in [0.3, 0.4) is 0 Å². The molecule has 1 saturated heterocycles. The second-order valence-corrected chi connectivity index (χ2v) is 7.65. The van der Waals surface area contributed by atoms with Crippen molar-refractivity contribution in [2.24, 2.45) is 0 Å². The predicted octanol–water partition coefficient (Wildman–Crippen LogP) is 4.60. The number of benzene rings is 2. The van der Waals surface area contributed by atoms with Gasteiger partial charge in [0.25, 0.3) is 17.4 Å². The number of ketones is 1. The molecule has 0 bridgehead atoms. The van der Waals surface area contributed by atoms with E-state index in [1.807, 2.05) is 13.8 Å². The largest absolute Gasteiger partial charge is 0.507 e. The summed E-state index contributed by atoms with van der Waals surface area (Å²) in [5.41, 5.74) is 0.234. The molecule has 2 heterocycles. The lowest BCUT2D eigenvalue weighted by atomic mass is 9.99. The van der Waals surface area contributed by atoms with Gasteiger partial charge in [-0.15, -0.1) is 0 Å². The van der Waals surface area contributed by atoms with E-state index in [1.165, 1.54) is 35.4 Å². The van der Waals surface area contributed by atoms with E-state index in [9.17, 15) is 24.8 Å². The normalized spacial score (nSPS) is 17.5. The van der Waals surface area contributed by atoms with Gasteiger partial charge >= 0.3 is 0 Å². The Hall–Kier alpha value is -4.40. The molecule has 3 aromatic rings. The van der Waals surface area contributed by atoms with Gasteiger partial charge in [0, 0.05) is 23.4 Å². The van der Waals surface area contributed by atoms with E-state index in [2.05, 4.69) is 0 Å². The average Bonchev–Trinajstić information content (AvgIpc) is 3.41. The maximum atomic E-state index is 13.0. The number of hydrogen-bond acceptors (Lipinski definition) is 7. The number of carbonyl (C=O) groups is 2. The maximum Gasteiger partial charge on any atom is 0.300 e. The first-order valence-corrected chi connectivity index (χ1v) is 10.1. The SMILES string of the molecule is CC(C)Oc1ccc(N2C(=O)C(=O)/C(=C(\O)c3ccc([N+](=O)[O-])cc3)C2c2ccco2)cc1. The molecule has 1 amide bonds. The molecule has 0 saturated carbocycles. The molecule has 33 heavy (non-hydrogen) atoms. The number of nitrogens with zero attached hydrogens (tertiary/aromatic N) is 2. The lowest BCUT2D eigenvalue weighted by molar-refractivity contribution is -0.384. The lowest BCUT2D eigenvalue weighted by Gasteiger charge is -2.23. The topological polar surface area (TPSA) is 123 Å². The highest BCUT2D eigenvalue weighted by Crippen LogP contribution is 2.42. The Balaban J connectivity index is 1.81. The zero-order valence-corrected chi connectivity index (χ0v) is 17.8. The highest BCUT2D eigenvalue weighted by molar-refractivity contribution is 6.51. The van der Waals surface area contributed by atoms with E-state index in [0.29, 0.717) is 11.4 Å². The van der Waals surface area contributed by atoms with Crippen LogP contribution in [0.1, 0.15) is 31.2 Å². The summed E-state index contributed by atoms with van der Waals surface area (Å²) in [7, 11) is 0. The Morgan fingerprint density at radius 2 is 1.76 bits per heavy atom.